The van der Waals surface area contributed by atoms with Gasteiger partial charge in [0.2, 0.25) is 5.95 Å². The molecular weight excluding hydrogens is 240 g/mol. The van der Waals surface area contributed by atoms with Gasteiger partial charge in [-0.15, -0.1) is 0 Å². The third-order valence-corrected chi connectivity index (χ3v) is 2.82. The highest BCUT2D eigenvalue weighted by Crippen LogP contribution is 2.15. The second kappa shape index (κ2) is 6.15. The van der Waals surface area contributed by atoms with Gasteiger partial charge in [-0.1, -0.05) is 12.1 Å². The lowest BCUT2D eigenvalue weighted by atomic mass is 10.2. The molecule has 2 rings (SSSR count). The maximum atomic E-state index is 5.52. The van der Waals surface area contributed by atoms with E-state index in [9.17, 15) is 0 Å². The van der Waals surface area contributed by atoms with Crippen molar-refractivity contribution in [1.29, 1.82) is 0 Å². The van der Waals surface area contributed by atoms with E-state index in [4.69, 9.17) is 10.5 Å². The SMILES string of the molecule is COc1cccc(CN(C)c2ncc(CN)cn2)c1. The highest BCUT2D eigenvalue weighted by atomic mass is 16.5. The highest BCUT2D eigenvalue weighted by molar-refractivity contribution is 5.34. The summed E-state index contributed by atoms with van der Waals surface area (Å²) in [6, 6.07) is 7.95. The van der Waals surface area contributed by atoms with Crippen LogP contribution in [0.1, 0.15) is 11.1 Å². The highest BCUT2D eigenvalue weighted by Gasteiger charge is 2.05. The molecule has 100 valence electrons. The lowest BCUT2D eigenvalue weighted by Gasteiger charge is -2.17. The molecule has 1 aromatic carbocycles. The van der Waals surface area contributed by atoms with E-state index in [1.807, 2.05) is 36.2 Å². The Morgan fingerprint density at radius 1 is 1.21 bits per heavy atom. The fourth-order valence-corrected chi connectivity index (χ4v) is 1.77. The monoisotopic (exact) mass is 258 g/mol. The van der Waals surface area contributed by atoms with Gasteiger partial charge in [0.15, 0.2) is 0 Å². The van der Waals surface area contributed by atoms with Crippen LogP contribution in [0.4, 0.5) is 5.95 Å². The lowest BCUT2D eigenvalue weighted by Crippen LogP contribution is -2.19. The number of hydrogen-bond donors (Lipinski definition) is 1. The van der Waals surface area contributed by atoms with Gasteiger partial charge in [-0.2, -0.15) is 0 Å². The van der Waals surface area contributed by atoms with E-state index < -0.39 is 0 Å². The Bertz CT molecular complexity index is 527. The van der Waals surface area contributed by atoms with Gasteiger partial charge in [0, 0.05) is 38.1 Å². The van der Waals surface area contributed by atoms with Crippen LogP contribution < -0.4 is 15.4 Å². The molecule has 2 N–H and O–H groups in total. The predicted molar refractivity (Wildman–Crippen MR) is 75.0 cm³/mol. The summed E-state index contributed by atoms with van der Waals surface area (Å²) in [5.74, 6) is 1.53. The first kappa shape index (κ1) is 13.3. The minimum Gasteiger partial charge on any atom is -0.497 e. The molecule has 0 spiro atoms. The van der Waals surface area contributed by atoms with Crippen molar-refractivity contribution in [1.82, 2.24) is 9.97 Å². The first-order chi connectivity index (χ1) is 9.22. The molecule has 0 aliphatic carbocycles. The molecule has 0 amide bonds. The van der Waals surface area contributed by atoms with Crippen molar-refractivity contribution in [3.63, 3.8) is 0 Å². The molecule has 0 unspecified atom stereocenters. The predicted octanol–water partition coefficient (Wildman–Crippen LogP) is 1.58. The largest absolute Gasteiger partial charge is 0.497 e. The van der Waals surface area contributed by atoms with Crippen LogP contribution in [-0.4, -0.2) is 24.1 Å². The van der Waals surface area contributed by atoms with Gasteiger partial charge >= 0.3 is 0 Å². The van der Waals surface area contributed by atoms with Gasteiger partial charge in [0.1, 0.15) is 5.75 Å². The normalized spacial score (nSPS) is 10.3. The van der Waals surface area contributed by atoms with Crippen molar-refractivity contribution >= 4 is 5.95 Å². The molecular formula is C14H18N4O. The Morgan fingerprint density at radius 3 is 2.58 bits per heavy atom. The second-order valence-corrected chi connectivity index (χ2v) is 4.30. The van der Waals surface area contributed by atoms with Gasteiger partial charge in [-0.05, 0) is 17.7 Å². The molecule has 19 heavy (non-hydrogen) atoms. The number of nitrogens with zero attached hydrogens (tertiary/aromatic N) is 3. The molecule has 0 aliphatic rings. The summed E-state index contributed by atoms with van der Waals surface area (Å²) in [6.07, 6.45) is 3.51. The van der Waals surface area contributed by atoms with Crippen molar-refractivity contribution in [2.75, 3.05) is 19.1 Å². The molecule has 1 heterocycles. The molecule has 0 saturated carbocycles. The van der Waals surface area contributed by atoms with Crippen LogP contribution in [-0.2, 0) is 13.1 Å². The van der Waals surface area contributed by atoms with Crippen molar-refractivity contribution in [2.24, 2.45) is 5.73 Å². The third kappa shape index (κ3) is 3.42. The molecule has 0 saturated heterocycles. The first-order valence-electron chi connectivity index (χ1n) is 6.08. The average Bonchev–Trinajstić information content (AvgIpc) is 2.47. The van der Waals surface area contributed by atoms with Crippen LogP contribution in [0.25, 0.3) is 0 Å². The van der Waals surface area contributed by atoms with Crippen molar-refractivity contribution < 1.29 is 4.74 Å². The Balaban J connectivity index is 2.08. The Labute approximate surface area is 113 Å². The molecule has 2 aromatic rings. The van der Waals surface area contributed by atoms with Gasteiger partial charge in [-0.3, -0.25) is 0 Å². The third-order valence-electron chi connectivity index (χ3n) is 2.82. The first-order valence-corrected chi connectivity index (χ1v) is 6.08. The van der Waals surface area contributed by atoms with Crippen LogP contribution in [0.5, 0.6) is 5.75 Å². The summed E-state index contributed by atoms with van der Waals surface area (Å²) in [5, 5.41) is 0. The Hall–Kier alpha value is -2.14. The van der Waals surface area contributed by atoms with Crippen molar-refractivity contribution in [2.45, 2.75) is 13.1 Å². The summed E-state index contributed by atoms with van der Waals surface area (Å²) in [6.45, 7) is 1.18. The minimum absolute atomic E-state index is 0.458. The molecule has 5 heteroatoms. The van der Waals surface area contributed by atoms with E-state index in [0.29, 0.717) is 12.5 Å². The quantitative estimate of drug-likeness (QED) is 0.882. The van der Waals surface area contributed by atoms with E-state index in [0.717, 1.165) is 23.4 Å². The van der Waals surface area contributed by atoms with Gasteiger partial charge in [0.25, 0.3) is 0 Å². The molecule has 1 aromatic heterocycles. The van der Waals surface area contributed by atoms with E-state index in [-0.39, 0.29) is 0 Å². The lowest BCUT2D eigenvalue weighted by molar-refractivity contribution is 0.414. The van der Waals surface area contributed by atoms with Gasteiger partial charge in [-0.25, -0.2) is 9.97 Å². The molecule has 0 radical (unpaired) electrons. The van der Waals surface area contributed by atoms with Gasteiger partial charge < -0.3 is 15.4 Å². The summed E-state index contributed by atoms with van der Waals surface area (Å²) in [7, 11) is 3.62. The second-order valence-electron chi connectivity index (χ2n) is 4.30. The zero-order chi connectivity index (χ0) is 13.7. The maximum Gasteiger partial charge on any atom is 0.225 e. The Kier molecular flexibility index (Phi) is 4.30. The molecule has 0 fully saturated rings. The Morgan fingerprint density at radius 2 is 1.95 bits per heavy atom. The van der Waals surface area contributed by atoms with Crippen molar-refractivity contribution in [3.8, 4) is 5.75 Å². The smallest absolute Gasteiger partial charge is 0.225 e. The zero-order valence-corrected chi connectivity index (χ0v) is 11.2. The van der Waals surface area contributed by atoms with Crippen LogP contribution >= 0.6 is 0 Å². The van der Waals surface area contributed by atoms with E-state index in [2.05, 4.69) is 9.97 Å². The number of aromatic nitrogens is 2. The molecule has 0 atom stereocenters. The number of ether oxygens (including phenoxy) is 1. The number of rotatable bonds is 5. The van der Waals surface area contributed by atoms with Crippen LogP contribution in [0.3, 0.4) is 0 Å². The number of benzene rings is 1. The number of hydrogen-bond acceptors (Lipinski definition) is 5. The number of methoxy groups -OCH3 is 1. The molecule has 0 bridgehead atoms. The topological polar surface area (TPSA) is 64.3 Å². The summed E-state index contributed by atoms with van der Waals surface area (Å²) in [4.78, 5) is 10.6. The minimum atomic E-state index is 0.458. The van der Waals surface area contributed by atoms with Crippen molar-refractivity contribution in [3.05, 3.63) is 47.8 Å². The summed E-state index contributed by atoms with van der Waals surface area (Å²) >= 11 is 0. The standard InChI is InChI=1S/C14H18N4O/c1-18(14-16-8-12(7-15)9-17-14)10-11-4-3-5-13(6-11)19-2/h3-6,8-9H,7,10,15H2,1-2H3. The summed E-state index contributed by atoms with van der Waals surface area (Å²) in [5.41, 5.74) is 7.60. The average molecular weight is 258 g/mol. The fraction of sp³-hybridized carbons (Fsp3) is 0.286. The molecule has 5 nitrogen and oxygen atoms in total. The van der Waals surface area contributed by atoms with Crippen LogP contribution in [0.2, 0.25) is 0 Å². The number of nitrogens with two attached hydrogens (primary N) is 1. The van der Waals surface area contributed by atoms with E-state index in [1.165, 1.54) is 0 Å². The molecule has 0 aliphatic heterocycles. The zero-order valence-electron chi connectivity index (χ0n) is 11.2. The van der Waals surface area contributed by atoms with Crippen LogP contribution in [0.15, 0.2) is 36.7 Å². The fourth-order valence-electron chi connectivity index (χ4n) is 1.77. The van der Waals surface area contributed by atoms with E-state index >= 15 is 0 Å². The summed E-state index contributed by atoms with van der Waals surface area (Å²) < 4.78 is 5.21. The van der Waals surface area contributed by atoms with Crippen LogP contribution in [0, 0.1) is 0 Å². The van der Waals surface area contributed by atoms with E-state index in [1.54, 1.807) is 19.5 Å². The van der Waals surface area contributed by atoms with Gasteiger partial charge in [0.05, 0.1) is 7.11 Å². The number of anilines is 1. The maximum absolute atomic E-state index is 5.52.